The third-order valence-electron chi connectivity index (χ3n) is 6.11. The number of urea groups is 1. The molecule has 1 N–H and O–H groups in total. The number of fused-ring (bicyclic) bond motifs is 1. The molecule has 2 atom stereocenters. The van der Waals surface area contributed by atoms with Crippen molar-refractivity contribution in [3.8, 4) is 0 Å². The maximum Gasteiger partial charge on any atom is 0.410 e. The molecular formula is C23H31N5O5. The SMILES string of the molecule is CO[C@H]1CN(C(=O)OC(C)(C)C)CC[C@H]1c1ccc2c(N3CCC(=O)NC3=O)nn(C)c2c1. The molecule has 4 rings (SSSR count). The van der Waals surface area contributed by atoms with Gasteiger partial charge in [-0.1, -0.05) is 6.07 Å². The average Bonchev–Trinajstić information content (AvgIpc) is 3.07. The van der Waals surface area contributed by atoms with Gasteiger partial charge >= 0.3 is 12.1 Å². The molecule has 0 radical (unpaired) electrons. The summed E-state index contributed by atoms with van der Waals surface area (Å²) in [5.74, 6) is 0.363. The Balaban J connectivity index is 1.56. The van der Waals surface area contributed by atoms with Crippen LogP contribution in [0, 0.1) is 0 Å². The molecular weight excluding hydrogens is 426 g/mol. The smallest absolute Gasteiger partial charge is 0.410 e. The topological polar surface area (TPSA) is 106 Å². The number of nitrogens with one attached hydrogen (secondary N) is 1. The fourth-order valence-corrected chi connectivity index (χ4v) is 4.48. The summed E-state index contributed by atoms with van der Waals surface area (Å²) < 4.78 is 13.0. The van der Waals surface area contributed by atoms with Crippen LogP contribution in [0.1, 0.15) is 45.1 Å². The summed E-state index contributed by atoms with van der Waals surface area (Å²) in [5.41, 5.74) is 1.43. The number of rotatable bonds is 3. The Morgan fingerprint density at radius 3 is 2.64 bits per heavy atom. The van der Waals surface area contributed by atoms with E-state index in [4.69, 9.17) is 9.47 Å². The number of likely N-dealkylation sites (tertiary alicyclic amines) is 1. The quantitative estimate of drug-likeness (QED) is 0.760. The van der Waals surface area contributed by atoms with Gasteiger partial charge in [0.2, 0.25) is 5.91 Å². The van der Waals surface area contributed by atoms with E-state index in [-0.39, 0.29) is 30.4 Å². The number of hydrogen-bond donors (Lipinski definition) is 1. The molecule has 0 spiro atoms. The lowest BCUT2D eigenvalue weighted by Gasteiger charge is -2.38. The first kappa shape index (κ1) is 23.0. The van der Waals surface area contributed by atoms with Gasteiger partial charge in [0.15, 0.2) is 5.82 Å². The zero-order chi connectivity index (χ0) is 23.9. The third-order valence-corrected chi connectivity index (χ3v) is 6.11. The molecule has 10 heteroatoms. The molecule has 2 saturated heterocycles. The molecule has 178 valence electrons. The van der Waals surface area contributed by atoms with Gasteiger partial charge in [-0.3, -0.25) is 19.7 Å². The first-order valence-electron chi connectivity index (χ1n) is 11.2. The third kappa shape index (κ3) is 4.66. The van der Waals surface area contributed by atoms with Crippen molar-refractivity contribution in [1.29, 1.82) is 0 Å². The highest BCUT2D eigenvalue weighted by Gasteiger charge is 2.35. The first-order chi connectivity index (χ1) is 15.6. The van der Waals surface area contributed by atoms with Gasteiger partial charge in [-0.2, -0.15) is 5.10 Å². The van der Waals surface area contributed by atoms with E-state index < -0.39 is 11.6 Å². The number of amides is 4. The summed E-state index contributed by atoms with van der Waals surface area (Å²) in [4.78, 5) is 39.5. The predicted octanol–water partition coefficient (Wildman–Crippen LogP) is 2.76. The number of nitrogens with zero attached hydrogens (tertiary/aromatic N) is 4. The average molecular weight is 458 g/mol. The van der Waals surface area contributed by atoms with Crippen LogP contribution in [0.5, 0.6) is 0 Å². The summed E-state index contributed by atoms with van der Waals surface area (Å²) in [6.45, 7) is 6.90. The number of benzene rings is 1. The molecule has 0 saturated carbocycles. The van der Waals surface area contributed by atoms with Crippen LogP contribution in [0.2, 0.25) is 0 Å². The highest BCUT2D eigenvalue weighted by atomic mass is 16.6. The molecule has 1 aromatic heterocycles. The van der Waals surface area contributed by atoms with E-state index in [0.717, 1.165) is 22.9 Å². The summed E-state index contributed by atoms with van der Waals surface area (Å²) in [6, 6.07) is 5.60. The van der Waals surface area contributed by atoms with E-state index in [1.807, 2.05) is 40.0 Å². The molecule has 2 fully saturated rings. The molecule has 2 aromatic rings. The number of anilines is 1. The Kier molecular flexibility index (Phi) is 6.04. The highest BCUT2D eigenvalue weighted by Crippen LogP contribution is 2.35. The number of methoxy groups -OCH3 is 1. The Hall–Kier alpha value is -3.14. The zero-order valence-corrected chi connectivity index (χ0v) is 19.8. The molecule has 33 heavy (non-hydrogen) atoms. The largest absolute Gasteiger partial charge is 0.444 e. The second-order valence-electron chi connectivity index (χ2n) is 9.57. The number of carbonyl (C=O) groups is 3. The minimum Gasteiger partial charge on any atom is -0.444 e. The lowest BCUT2D eigenvalue weighted by Crippen LogP contribution is -2.49. The van der Waals surface area contributed by atoms with Crippen LogP contribution in [-0.4, -0.2) is 71.2 Å². The number of piperidine rings is 1. The van der Waals surface area contributed by atoms with Crippen molar-refractivity contribution in [2.24, 2.45) is 7.05 Å². The second kappa shape index (κ2) is 8.66. The Labute approximate surface area is 192 Å². The molecule has 3 heterocycles. The van der Waals surface area contributed by atoms with Gasteiger partial charge in [0.25, 0.3) is 0 Å². The van der Waals surface area contributed by atoms with Crippen molar-refractivity contribution < 1.29 is 23.9 Å². The summed E-state index contributed by atoms with van der Waals surface area (Å²) in [5, 5.41) is 7.74. The fraction of sp³-hybridized carbons (Fsp3) is 0.565. The number of aryl methyl sites for hydroxylation is 1. The Morgan fingerprint density at radius 1 is 1.21 bits per heavy atom. The van der Waals surface area contributed by atoms with E-state index in [1.165, 1.54) is 4.90 Å². The fourth-order valence-electron chi connectivity index (χ4n) is 4.48. The number of hydrogen-bond acceptors (Lipinski definition) is 6. The maximum atomic E-state index is 12.5. The number of aromatic nitrogens is 2. The first-order valence-corrected chi connectivity index (χ1v) is 11.2. The Bertz CT molecular complexity index is 1090. The van der Waals surface area contributed by atoms with Crippen LogP contribution >= 0.6 is 0 Å². The van der Waals surface area contributed by atoms with Crippen molar-refractivity contribution in [3.63, 3.8) is 0 Å². The van der Waals surface area contributed by atoms with Gasteiger partial charge in [0, 0.05) is 45.0 Å². The predicted molar refractivity (Wildman–Crippen MR) is 122 cm³/mol. The molecule has 2 aliphatic heterocycles. The van der Waals surface area contributed by atoms with E-state index in [9.17, 15) is 14.4 Å². The van der Waals surface area contributed by atoms with Crippen molar-refractivity contribution in [2.75, 3.05) is 31.6 Å². The zero-order valence-electron chi connectivity index (χ0n) is 19.8. The van der Waals surface area contributed by atoms with E-state index in [0.29, 0.717) is 25.5 Å². The van der Waals surface area contributed by atoms with Crippen molar-refractivity contribution in [1.82, 2.24) is 20.0 Å². The minimum atomic E-state index is -0.544. The number of ether oxygens (including phenoxy) is 2. The molecule has 10 nitrogen and oxygen atoms in total. The molecule has 1 aromatic carbocycles. The van der Waals surface area contributed by atoms with E-state index in [2.05, 4.69) is 16.5 Å². The van der Waals surface area contributed by atoms with Crippen LogP contribution in [0.3, 0.4) is 0 Å². The summed E-state index contributed by atoms with van der Waals surface area (Å²) >= 11 is 0. The minimum absolute atomic E-state index is 0.104. The van der Waals surface area contributed by atoms with Gasteiger partial charge in [0.05, 0.1) is 18.2 Å². The van der Waals surface area contributed by atoms with Crippen molar-refractivity contribution in [3.05, 3.63) is 23.8 Å². The summed E-state index contributed by atoms with van der Waals surface area (Å²) in [7, 11) is 3.49. The lowest BCUT2D eigenvalue weighted by atomic mass is 9.86. The van der Waals surface area contributed by atoms with Crippen LogP contribution in [-0.2, 0) is 21.3 Å². The van der Waals surface area contributed by atoms with Crippen LogP contribution < -0.4 is 10.2 Å². The van der Waals surface area contributed by atoms with E-state index >= 15 is 0 Å². The lowest BCUT2D eigenvalue weighted by molar-refractivity contribution is -0.120. The van der Waals surface area contributed by atoms with Crippen LogP contribution in [0.15, 0.2) is 18.2 Å². The molecule has 0 bridgehead atoms. The molecule has 0 unspecified atom stereocenters. The normalized spacial score (nSPS) is 22.0. The standard InChI is InChI=1S/C23H31N5O5/c1-23(2,3)33-22(31)27-10-8-15(18(13-27)32-5)14-6-7-16-17(12-14)26(4)25-20(16)28-11-9-19(29)24-21(28)30/h6-7,12,15,18H,8-11,13H2,1-5H3,(H,24,29,30)/t15-,18-/m0/s1. The Morgan fingerprint density at radius 2 is 1.97 bits per heavy atom. The monoisotopic (exact) mass is 457 g/mol. The van der Waals surface area contributed by atoms with Gasteiger partial charge in [0.1, 0.15) is 5.60 Å². The molecule has 0 aliphatic carbocycles. The van der Waals surface area contributed by atoms with Gasteiger partial charge in [-0.05, 0) is 44.9 Å². The maximum absolute atomic E-state index is 12.5. The molecule has 2 aliphatic rings. The number of imide groups is 1. The van der Waals surface area contributed by atoms with Crippen LogP contribution in [0.4, 0.5) is 15.4 Å². The number of carbonyl (C=O) groups excluding carboxylic acids is 3. The molecule has 4 amide bonds. The summed E-state index contributed by atoms with van der Waals surface area (Å²) in [6.07, 6.45) is 0.487. The highest BCUT2D eigenvalue weighted by molar-refractivity contribution is 6.08. The second-order valence-corrected chi connectivity index (χ2v) is 9.57. The van der Waals surface area contributed by atoms with Crippen molar-refractivity contribution >= 4 is 34.8 Å². The van der Waals surface area contributed by atoms with Crippen molar-refractivity contribution in [2.45, 2.75) is 51.2 Å². The van der Waals surface area contributed by atoms with Crippen LogP contribution in [0.25, 0.3) is 10.9 Å². The van der Waals surface area contributed by atoms with Gasteiger partial charge < -0.3 is 14.4 Å². The van der Waals surface area contributed by atoms with Gasteiger partial charge in [-0.25, -0.2) is 9.59 Å². The van der Waals surface area contributed by atoms with E-state index in [1.54, 1.807) is 16.7 Å². The van der Waals surface area contributed by atoms with Gasteiger partial charge in [-0.15, -0.1) is 0 Å².